The summed E-state index contributed by atoms with van der Waals surface area (Å²) in [5, 5.41) is 8.97. The normalized spacial score (nSPS) is 12.9. The number of para-hydroxylation sites is 1. The predicted molar refractivity (Wildman–Crippen MR) is 84.2 cm³/mol. The largest absolute Gasteiger partial charge is 0.459 e. The van der Waals surface area contributed by atoms with Crippen molar-refractivity contribution in [1.82, 2.24) is 15.1 Å². The molecule has 1 unspecified atom stereocenters. The van der Waals surface area contributed by atoms with Crippen molar-refractivity contribution in [2.24, 2.45) is 7.05 Å². The van der Waals surface area contributed by atoms with Gasteiger partial charge in [0.1, 0.15) is 11.3 Å². The van der Waals surface area contributed by atoms with Gasteiger partial charge >= 0.3 is 0 Å². The Morgan fingerprint density at radius 3 is 2.90 bits per heavy atom. The van der Waals surface area contributed by atoms with Crippen LogP contribution in [-0.2, 0) is 13.5 Å². The molecule has 0 radical (unpaired) electrons. The number of benzene rings is 1. The Kier molecular flexibility index (Phi) is 4.06. The summed E-state index contributed by atoms with van der Waals surface area (Å²) < 4.78 is 7.85. The van der Waals surface area contributed by atoms with E-state index in [1.54, 1.807) is 0 Å². The van der Waals surface area contributed by atoms with E-state index in [0.717, 1.165) is 36.1 Å². The smallest absolute Gasteiger partial charge is 0.134 e. The molecule has 1 aromatic carbocycles. The minimum Gasteiger partial charge on any atom is -0.459 e. The lowest BCUT2D eigenvalue weighted by atomic mass is 10.1. The number of nitrogens with zero attached hydrogens (tertiary/aromatic N) is 2. The van der Waals surface area contributed by atoms with Gasteiger partial charge in [-0.25, -0.2) is 0 Å². The third kappa shape index (κ3) is 3.16. The van der Waals surface area contributed by atoms with Crippen LogP contribution >= 0.6 is 0 Å². The van der Waals surface area contributed by atoms with E-state index in [9.17, 15) is 0 Å². The second kappa shape index (κ2) is 6.14. The molecule has 0 amide bonds. The predicted octanol–water partition coefficient (Wildman–Crippen LogP) is 3.45. The van der Waals surface area contributed by atoms with Gasteiger partial charge in [0.25, 0.3) is 0 Å². The lowest BCUT2D eigenvalue weighted by Gasteiger charge is -2.15. The van der Waals surface area contributed by atoms with Crippen molar-refractivity contribution >= 4 is 11.0 Å². The highest BCUT2D eigenvalue weighted by Gasteiger charge is 2.17. The molecule has 3 rings (SSSR count). The van der Waals surface area contributed by atoms with E-state index in [1.807, 2.05) is 36.1 Å². The van der Waals surface area contributed by atoms with Gasteiger partial charge in [-0.2, -0.15) is 5.10 Å². The number of fused-ring (bicyclic) bond motifs is 1. The fraction of sp³-hybridized carbons (Fsp3) is 0.353. The quantitative estimate of drug-likeness (QED) is 0.753. The Balaban J connectivity index is 1.86. The minimum atomic E-state index is 0.182. The van der Waals surface area contributed by atoms with E-state index in [4.69, 9.17) is 4.42 Å². The lowest BCUT2D eigenvalue weighted by Crippen LogP contribution is -2.23. The fourth-order valence-corrected chi connectivity index (χ4v) is 2.58. The van der Waals surface area contributed by atoms with Gasteiger partial charge in [0.2, 0.25) is 0 Å². The highest BCUT2D eigenvalue weighted by Crippen LogP contribution is 2.26. The first-order chi connectivity index (χ1) is 10.3. The Hall–Kier alpha value is -2.07. The van der Waals surface area contributed by atoms with Gasteiger partial charge in [-0.1, -0.05) is 25.1 Å². The lowest BCUT2D eigenvalue weighted by molar-refractivity contribution is 0.427. The molecule has 0 saturated carbocycles. The first-order valence-electron chi connectivity index (χ1n) is 7.45. The van der Waals surface area contributed by atoms with E-state index in [0.29, 0.717) is 0 Å². The second-order valence-electron chi connectivity index (χ2n) is 5.42. The van der Waals surface area contributed by atoms with Crippen LogP contribution in [0.1, 0.15) is 30.7 Å². The zero-order valence-electron chi connectivity index (χ0n) is 12.5. The summed E-state index contributed by atoms with van der Waals surface area (Å²) in [6.07, 6.45) is 5.96. The van der Waals surface area contributed by atoms with Crippen LogP contribution in [0.25, 0.3) is 11.0 Å². The van der Waals surface area contributed by atoms with Crippen LogP contribution in [0.2, 0.25) is 0 Å². The van der Waals surface area contributed by atoms with E-state index in [-0.39, 0.29) is 6.04 Å². The molecule has 2 heterocycles. The van der Waals surface area contributed by atoms with Crippen LogP contribution in [0.3, 0.4) is 0 Å². The first kappa shape index (κ1) is 13.9. The van der Waals surface area contributed by atoms with Crippen LogP contribution in [0, 0.1) is 0 Å². The van der Waals surface area contributed by atoms with Gasteiger partial charge in [-0.3, -0.25) is 4.68 Å². The van der Waals surface area contributed by atoms with Crippen molar-refractivity contribution in [3.05, 3.63) is 54.0 Å². The van der Waals surface area contributed by atoms with Gasteiger partial charge in [0.15, 0.2) is 0 Å². The summed E-state index contributed by atoms with van der Waals surface area (Å²) in [7, 11) is 1.94. The number of furan rings is 1. The number of nitrogens with one attached hydrogen (secondary N) is 1. The molecule has 0 aliphatic carbocycles. The van der Waals surface area contributed by atoms with Crippen molar-refractivity contribution in [3.63, 3.8) is 0 Å². The van der Waals surface area contributed by atoms with Crippen molar-refractivity contribution in [1.29, 1.82) is 0 Å². The Bertz CT molecular complexity index is 680. The van der Waals surface area contributed by atoms with Gasteiger partial charge in [0.05, 0.1) is 12.2 Å². The number of hydrogen-bond acceptors (Lipinski definition) is 3. The van der Waals surface area contributed by atoms with Gasteiger partial charge < -0.3 is 9.73 Å². The molecule has 21 heavy (non-hydrogen) atoms. The number of aromatic nitrogens is 2. The average Bonchev–Trinajstić information content (AvgIpc) is 3.09. The minimum absolute atomic E-state index is 0.182. The van der Waals surface area contributed by atoms with Crippen LogP contribution in [0.15, 0.2) is 47.1 Å². The summed E-state index contributed by atoms with van der Waals surface area (Å²) in [6, 6.07) is 10.5. The van der Waals surface area contributed by atoms with Crippen molar-refractivity contribution in [2.45, 2.75) is 25.8 Å². The van der Waals surface area contributed by atoms with Crippen LogP contribution < -0.4 is 5.32 Å². The fourth-order valence-electron chi connectivity index (χ4n) is 2.58. The highest BCUT2D eigenvalue weighted by molar-refractivity contribution is 5.77. The first-order valence-corrected chi connectivity index (χ1v) is 7.45. The second-order valence-corrected chi connectivity index (χ2v) is 5.42. The number of aryl methyl sites for hydroxylation is 1. The maximum Gasteiger partial charge on any atom is 0.134 e. The third-order valence-electron chi connectivity index (χ3n) is 3.63. The number of hydrogen-bond donors (Lipinski definition) is 1. The molecule has 1 atom stereocenters. The van der Waals surface area contributed by atoms with E-state index < -0.39 is 0 Å². The summed E-state index contributed by atoms with van der Waals surface area (Å²) in [6.45, 7) is 3.15. The number of rotatable bonds is 6. The van der Waals surface area contributed by atoms with Crippen LogP contribution in [-0.4, -0.2) is 16.3 Å². The molecule has 3 aromatic rings. The molecule has 2 aromatic heterocycles. The SMILES string of the molecule is CCCNC(Cc1cnn(C)c1)c1cc2ccccc2o1. The van der Waals surface area contributed by atoms with E-state index in [2.05, 4.69) is 35.7 Å². The van der Waals surface area contributed by atoms with Crippen molar-refractivity contribution < 1.29 is 4.42 Å². The summed E-state index contributed by atoms with van der Waals surface area (Å²) in [5.41, 5.74) is 2.16. The van der Waals surface area contributed by atoms with Gasteiger partial charge in [0, 0.05) is 18.6 Å². The van der Waals surface area contributed by atoms with Crippen LogP contribution in [0.4, 0.5) is 0 Å². The third-order valence-corrected chi connectivity index (χ3v) is 3.63. The zero-order chi connectivity index (χ0) is 14.7. The Labute approximate surface area is 124 Å². The van der Waals surface area contributed by atoms with Gasteiger partial charge in [-0.15, -0.1) is 0 Å². The van der Waals surface area contributed by atoms with Gasteiger partial charge in [-0.05, 0) is 37.1 Å². The highest BCUT2D eigenvalue weighted by atomic mass is 16.3. The molecule has 0 spiro atoms. The molecule has 4 nitrogen and oxygen atoms in total. The Morgan fingerprint density at radius 1 is 1.33 bits per heavy atom. The van der Waals surface area contributed by atoms with E-state index in [1.165, 1.54) is 5.56 Å². The molecule has 4 heteroatoms. The average molecular weight is 283 g/mol. The standard InChI is InChI=1S/C17H21N3O/c1-3-8-18-15(9-13-11-19-20(2)12-13)17-10-14-6-4-5-7-16(14)21-17/h4-7,10-12,15,18H,3,8-9H2,1-2H3. The maximum atomic E-state index is 6.02. The molecular formula is C17H21N3O. The Morgan fingerprint density at radius 2 is 2.19 bits per heavy atom. The molecule has 0 bridgehead atoms. The monoisotopic (exact) mass is 283 g/mol. The summed E-state index contributed by atoms with van der Waals surface area (Å²) >= 11 is 0. The van der Waals surface area contributed by atoms with Crippen molar-refractivity contribution in [2.75, 3.05) is 6.54 Å². The summed E-state index contributed by atoms with van der Waals surface area (Å²) in [4.78, 5) is 0. The summed E-state index contributed by atoms with van der Waals surface area (Å²) in [5.74, 6) is 0.994. The zero-order valence-corrected chi connectivity index (χ0v) is 12.5. The molecule has 110 valence electrons. The molecule has 0 aliphatic heterocycles. The van der Waals surface area contributed by atoms with Crippen molar-refractivity contribution in [3.8, 4) is 0 Å². The molecular weight excluding hydrogens is 262 g/mol. The maximum absolute atomic E-state index is 6.02. The molecule has 0 saturated heterocycles. The molecule has 0 aliphatic rings. The van der Waals surface area contributed by atoms with Crippen LogP contribution in [0.5, 0.6) is 0 Å². The molecule has 0 fully saturated rings. The topological polar surface area (TPSA) is 43.0 Å². The van der Waals surface area contributed by atoms with E-state index >= 15 is 0 Å². The molecule has 1 N–H and O–H groups in total.